The van der Waals surface area contributed by atoms with Gasteiger partial charge in [0.15, 0.2) is 5.43 Å². The van der Waals surface area contributed by atoms with E-state index >= 15 is 0 Å². The average Bonchev–Trinajstić information content (AvgIpc) is 2.02. The molecule has 0 atom stereocenters. The second-order valence-corrected chi connectivity index (χ2v) is 2.44. The maximum Gasteiger partial charge on any atom is 0.431 e. The normalized spacial score (nSPS) is 11.7. The Morgan fingerprint density at radius 1 is 1.46 bits per heavy atom. The van der Waals surface area contributed by atoms with E-state index < -0.39 is 17.3 Å². The summed E-state index contributed by atoms with van der Waals surface area (Å²) in [5.74, 6) is 0. The molecule has 0 aromatic carbocycles. The van der Waals surface area contributed by atoms with Crippen molar-refractivity contribution in [3.63, 3.8) is 0 Å². The molecular formula is C7H7F3N2O. The van der Waals surface area contributed by atoms with Crippen molar-refractivity contribution in [3.05, 3.63) is 33.7 Å². The van der Waals surface area contributed by atoms with Crippen LogP contribution in [0.25, 0.3) is 0 Å². The number of rotatable bonds is 1. The molecule has 0 fully saturated rings. The number of nitrogens with two attached hydrogens (primary N) is 1. The summed E-state index contributed by atoms with van der Waals surface area (Å²) in [5.41, 5.74) is 3.48. The Morgan fingerprint density at radius 2 is 2.08 bits per heavy atom. The molecule has 0 aliphatic carbocycles. The van der Waals surface area contributed by atoms with Gasteiger partial charge in [0.05, 0.1) is 0 Å². The zero-order chi connectivity index (χ0) is 10.1. The first kappa shape index (κ1) is 9.79. The van der Waals surface area contributed by atoms with Gasteiger partial charge in [-0.05, 0) is 0 Å². The van der Waals surface area contributed by atoms with Gasteiger partial charge in [0.1, 0.15) is 5.69 Å². The number of pyridine rings is 1. The van der Waals surface area contributed by atoms with Crippen molar-refractivity contribution in [2.24, 2.45) is 5.73 Å². The Hall–Kier alpha value is -1.30. The van der Waals surface area contributed by atoms with Gasteiger partial charge >= 0.3 is 6.18 Å². The van der Waals surface area contributed by atoms with Crippen LogP contribution in [-0.4, -0.2) is 4.98 Å². The van der Waals surface area contributed by atoms with Gasteiger partial charge in [-0.3, -0.25) is 4.79 Å². The van der Waals surface area contributed by atoms with Gasteiger partial charge in [-0.2, -0.15) is 13.2 Å². The zero-order valence-corrected chi connectivity index (χ0v) is 6.48. The SMILES string of the molecule is NCc1c[nH]c(C(F)(F)F)cc1=O. The third kappa shape index (κ3) is 2.09. The summed E-state index contributed by atoms with van der Waals surface area (Å²) in [6.07, 6.45) is -3.54. The van der Waals surface area contributed by atoms with E-state index in [1.807, 2.05) is 4.98 Å². The number of hydrogen-bond acceptors (Lipinski definition) is 2. The number of halogens is 3. The molecule has 3 N–H and O–H groups in total. The predicted molar refractivity (Wildman–Crippen MR) is 40.0 cm³/mol. The molecule has 0 aliphatic rings. The molecule has 0 saturated carbocycles. The Labute approximate surface area is 71.4 Å². The number of aromatic nitrogens is 1. The maximum atomic E-state index is 12.0. The fraction of sp³-hybridized carbons (Fsp3) is 0.286. The lowest BCUT2D eigenvalue weighted by Crippen LogP contribution is -2.18. The van der Waals surface area contributed by atoms with Crippen LogP contribution < -0.4 is 11.2 Å². The summed E-state index contributed by atoms with van der Waals surface area (Å²) in [4.78, 5) is 12.9. The number of aromatic amines is 1. The Bertz CT molecular complexity index is 355. The number of nitrogens with one attached hydrogen (secondary N) is 1. The molecule has 1 heterocycles. The molecule has 0 radical (unpaired) electrons. The van der Waals surface area contributed by atoms with Gasteiger partial charge < -0.3 is 10.7 Å². The minimum absolute atomic E-state index is 0.0759. The van der Waals surface area contributed by atoms with Crippen molar-refractivity contribution in [3.8, 4) is 0 Å². The van der Waals surface area contributed by atoms with E-state index in [1.54, 1.807) is 0 Å². The molecule has 0 spiro atoms. The lowest BCUT2D eigenvalue weighted by molar-refractivity contribution is -0.141. The van der Waals surface area contributed by atoms with Gasteiger partial charge in [0.2, 0.25) is 0 Å². The predicted octanol–water partition coefficient (Wildman–Crippen LogP) is 0.852. The number of alkyl halides is 3. The van der Waals surface area contributed by atoms with Crippen LogP contribution in [0.15, 0.2) is 17.1 Å². The Kier molecular flexibility index (Phi) is 2.42. The molecule has 72 valence electrons. The summed E-state index contributed by atoms with van der Waals surface area (Å²) in [6.45, 7) is -0.0759. The van der Waals surface area contributed by atoms with Crippen molar-refractivity contribution in [2.45, 2.75) is 12.7 Å². The second kappa shape index (κ2) is 3.21. The van der Waals surface area contributed by atoms with Crippen LogP contribution in [0.2, 0.25) is 0 Å². The summed E-state index contributed by atoms with van der Waals surface area (Å²) in [5, 5.41) is 0. The molecule has 0 amide bonds. The topological polar surface area (TPSA) is 58.9 Å². The molecule has 0 bridgehead atoms. The molecule has 0 aliphatic heterocycles. The fourth-order valence-electron chi connectivity index (χ4n) is 0.825. The molecule has 6 heteroatoms. The molecule has 3 nitrogen and oxygen atoms in total. The summed E-state index contributed by atoms with van der Waals surface area (Å²) < 4.78 is 36.0. The van der Waals surface area contributed by atoms with E-state index in [0.29, 0.717) is 6.07 Å². The molecule has 0 saturated heterocycles. The third-order valence-corrected chi connectivity index (χ3v) is 1.52. The quantitative estimate of drug-likeness (QED) is 0.693. The van der Waals surface area contributed by atoms with Crippen LogP contribution >= 0.6 is 0 Å². The summed E-state index contributed by atoms with van der Waals surface area (Å²) >= 11 is 0. The van der Waals surface area contributed by atoms with Crippen LogP contribution in [-0.2, 0) is 12.7 Å². The molecule has 0 unspecified atom stereocenters. The summed E-state index contributed by atoms with van der Waals surface area (Å²) in [7, 11) is 0. The van der Waals surface area contributed by atoms with Gasteiger partial charge in [0, 0.05) is 24.4 Å². The zero-order valence-electron chi connectivity index (χ0n) is 6.48. The van der Waals surface area contributed by atoms with Crippen LogP contribution in [0.1, 0.15) is 11.3 Å². The molecule has 1 aromatic heterocycles. The van der Waals surface area contributed by atoms with Gasteiger partial charge in [-0.1, -0.05) is 0 Å². The Morgan fingerprint density at radius 3 is 2.46 bits per heavy atom. The minimum Gasteiger partial charge on any atom is -0.357 e. The van der Waals surface area contributed by atoms with Crippen molar-refractivity contribution in [1.29, 1.82) is 0 Å². The fourth-order valence-corrected chi connectivity index (χ4v) is 0.825. The third-order valence-electron chi connectivity index (χ3n) is 1.52. The van der Waals surface area contributed by atoms with E-state index in [2.05, 4.69) is 0 Å². The van der Waals surface area contributed by atoms with Gasteiger partial charge in [0.25, 0.3) is 0 Å². The molecule has 1 rings (SSSR count). The first-order valence-electron chi connectivity index (χ1n) is 3.44. The number of hydrogen-bond donors (Lipinski definition) is 2. The lowest BCUT2D eigenvalue weighted by atomic mass is 10.2. The van der Waals surface area contributed by atoms with Crippen molar-refractivity contribution >= 4 is 0 Å². The largest absolute Gasteiger partial charge is 0.431 e. The summed E-state index contributed by atoms with van der Waals surface area (Å²) in [6, 6.07) is 0.502. The molecule has 13 heavy (non-hydrogen) atoms. The monoisotopic (exact) mass is 192 g/mol. The highest BCUT2D eigenvalue weighted by Crippen LogP contribution is 2.26. The first-order valence-corrected chi connectivity index (χ1v) is 3.44. The van der Waals surface area contributed by atoms with Crippen molar-refractivity contribution in [2.75, 3.05) is 0 Å². The first-order chi connectivity index (χ1) is 5.95. The Balaban J connectivity index is 3.18. The van der Waals surface area contributed by atoms with E-state index in [-0.39, 0.29) is 12.1 Å². The highest BCUT2D eigenvalue weighted by molar-refractivity contribution is 5.15. The van der Waals surface area contributed by atoms with E-state index in [4.69, 9.17) is 5.73 Å². The maximum absolute atomic E-state index is 12.0. The number of H-pyrrole nitrogens is 1. The minimum atomic E-state index is -4.52. The van der Waals surface area contributed by atoms with Gasteiger partial charge in [-0.25, -0.2) is 0 Å². The van der Waals surface area contributed by atoms with Crippen molar-refractivity contribution < 1.29 is 13.2 Å². The van der Waals surface area contributed by atoms with Crippen LogP contribution in [0.4, 0.5) is 13.2 Å². The van der Waals surface area contributed by atoms with Gasteiger partial charge in [-0.15, -0.1) is 0 Å². The highest BCUT2D eigenvalue weighted by atomic mass is 19.4. The van der Waals surface area contributed by atoms with Crippen molar-refractivity contribution in [1.82, 2.24) is 4.98 Å². The van der Waals surface area contributed by atoms with Crippen LogP contribution in [0, 0.1) is 0 Å². The van der Waals surface area contributed by atoms with E-state index in [0.717, 1.165) is 6.20 Å². The average molecular weight is 192 g/mol. The van der Waals surface area contributed by atoms with Crippen LogP contribution in [0.3, 0.4) is 0 Å². The molecule has 1 aromatic rings. The second-order valence-electron chi connectivity index (χ2n) is 2.44. The smallest absolute Gasteiger partial charge is 0.357 e. The standard InChI is InChI=1S/C7H7F3N2O/c8-7(9,10)6-1-5(13)4(2-11)3-12-6/h1,3H,2,11H2,(H,12,13). The highest BCUT2D eigenvalue weighted by Gasteiger charge is 2.31. The van der Waals surface area contributed by atoms with Crippen LogP contribution in [0.5, 0.6) is 0 Å². The molecular weight excluding hydrogens is 185 g/mol. The van der Waals surface area contributed by atoms with E-state index in [9.17, 15) is 18.0 Å². The van der Waals surface area contributed by atoms with E-state index in [1.165, 1.54) is 0 Å². The lowest BCUT2D eigenvalue weighted by Gasteiger charge is -2.06.